The Labute approximate surface area is 200 Å². The van der Waals surface area contributed by atoms with Crippen LogP contribution in [0.1, 0.15) is 52.7 Å². The lowest BCUT2D eigenvalue weighted by Gasteiger charge is -2.23. The number of nitrogens with zero attached hydrogens (tertiary/aromatic N) is 1. The Morgan fingerprint density at radius 1 is 1.30 bits per heavy atom. The van der Waals surface area contributed by atoms with Gasteiger partial charge in [0.2, 0.25) is 5.91 Å². The van der Waals surface area contributed by atoms with Crippen molar-refractivity contribution in [1.82, 2.24) is 4.90 Å². The lowest BCUT2D eigenvalue weighted by Crippen LogP contribution is -2.33. The van der Waals surface area contributed by atoms with Gasteiger partial charge < -0.3 is 14.7 Å². The third kappa shape index (κ3) is 7.31. The van der Waals surface area contributed by atoms with E-state index in [0.29, 0.717) is 24.3 Å². The van der Waals surface area contributed by atoms with Crippen LogP contribution in [0.2, 0.25) is 0 Å². The Balaban J connectivity index is 1.47. The molecular formula is C27H31NO4S. The largest absolute Gasteiger partial charge is 0.465 e. The smallest absolute Gasteiger partial charge is 0.348 e. The van der Waals surface area contributed by atoms with Crippen molar-refractivity contribution in [2.24, 2.45) is 5.92 Å². The van der Waals surface area contributed by atoms with Crippen LogP contribution in [-0.4, -0.2) is 47.7 Å². The van der Waals surface area contributed by atoms with Gasteiger partial charge in [-0.15, -0.1) is 11.3 Å². The van der Waals surface area contributed by atoms with Crippen LogP contribution in [0.15, 0.2) is 54.6 Å². The van der Waals surface area contributed by atoms with Gasteiger partial charge in [0.1, 0.15) is 4.88 Å². The summed E-state index contributed by atoms with van der Waals surface area (Å²) in [5.41, 5.74) is 0.971. The molecule has 1 aliphatic heterocycles. The van der Waals surface area contributed by atoms with Gasteiger partial charge in [-0.3, -0.25) is 4.79 Å². The molecule has 0 aliphatic carbocycles. The van der Waals surface area contributed by atoms with Gasteiger partial charge in [-0.05, 0) is 49.4 Å². The number of carbonyl (C=O) groups is 2. The SMILES string of the molecule is COC(=O)c1ccc(CCCN2C(=O)CCC2C=C[C@@H](O)[C@H](C)CC#Cc2ccccc2)s1. The number of amides is 1. The summed E-state index contributed by atoms with van der Waals surface area (Å²) in [7, 11) is 1.38. The molecule has 3 rings (SSSR count). The summed E-state index contributed by atoms with van der Waals surface area (Å²) < 4.78 is 4.75. The second-order valence-corrected chi connectivity index (χ2v) is 9.45. The van der Waals surface area contributed by atoms with E-state index in [-0.39, 0.29) is 23.8 Å². The first-order chi connectivity index (χ1) is 16.0. The Bertz CT molecular complexity index is 1020. The van der Waals surface area contributed by atoms with E-state index in [1.54, 1.807) is 6.07 Å². The zero-order chi connectivity index (χ0) is 23.6. The predicted molar refractivity (Wildman–Crippen MR) is 131 cm³/mol. The van der Waals surface area contributed by atoms with Crippen LogP contribution < -0.4 is 0 Å². The standard InChI is InChI=1S/C27H31NO4S/c1-20(8-6-11-21-9-4-3-5-10-21)24(29)16-13-22-14-18-26(30)28(22)19-7-12-23-15-17-25(33-23)27(31)32-2/h3-5,9-10,13,15-17,20,22,24,29H,7-8,12,14,18-19H2,1-2H3/t20-,22?,24-/m1/s1. The normalized spacial score (nSPS) is 17.6. The van der Waals surface area contributed by atoms with E-state index >= 15 is 0 Å². The molecule has 0 spiro atoms. The van der Waals surface area contributed by atoms with Crippen LogP contribution in [0, 0.1) is 17.8 Å². The molecular weight excluding hydrogens is 434 g/mol. The van der Waals surface area contributed by atoms with E-state index in [0.717, 1.165) is 29.7 Å². The average Bonchev–Trinajstić information content (AvgIpc) is 3.44. The van der Waals surface area contributed by atoms with Gasteiger partial charge in [-0.2, -0.15) is 0 Å². The molecule has 2 heterocycles. The highest BCUT2D eigenvalue weighted by atomic mass is 32.1. The molecule has 1 aromatic heterocycles. The molecule has 5 nitrogen and oxygen atoms in total. The summed E-state index contributed by atoms with van der Waals surface area (Å²) in [6, 6.07) is 13.6. The van der Waals surface area contributed by atoms with Gasteiger partial charge in [0.05, 0.1) is 19.3 Å². The molecule has 0 bridgehead atoms. The maximum Gasteiger partial charge on any atom is 0.348 e. The zero-order valence-electron chi connectivity index (χ0n) is 19.2. The summed E-state index contributed by atoms with van der Waals surface area (Å²) in [6.45, 7) is 2.64. The fourth-order valence-electron chi connectivity index (χ4n) is 3.78. The molecule has 1 aliphatic rings. The van der Waals surface area contributed by atoms with Gasteiger partial charge >= 0.3 is 5.97 Å². The predicted octanol–water partition coefficient (Wildman–Crippen LogP) is 4.45. The van der Waals surface area contributed by atoms with Crippen LogP contribution in [0.5, 0.6) is 0 Å². The first kappa shape index (κ1) is 24.8. The summed E-state index contributed by atoms with van der Waals surface area (Å²) in [5, 5.41) is 10.5. The van der Waals surface area contributed by atoms with Gasteiger partial charge in [-0.25, -0.2) is 4.79 Å². The number of ether oxygens (including phenoxy) is 1. The molecule has 1 fully saturated rings. The van der Waals surface area contributed by atoms with Crippen molar-refractivity contribution >= 4 is 23.2 Å². The molecule has 1 unspecified atom stereocenters. The number of aliphatic hydroxyl groups is 1. The maximum absolute atomic E-state index is 12.4. The first-order valence-corrected chi connectivity index (χ1v) is 12.2. The van der Waals surface area contributed by atoms with E-state index in [1.165, 1.54) is 18.4 Å². The summed E-state index contributed by atoms with van der Waals surface area (Å²) in [4.78, 5) is 27.6. The molecule has 1 amide bonds. The minimum absolute atomic E-state index is 0.00542. The number of carbonyl (C=O) groups excluding carboxylic acids is 2. The van der Waals surface area contributed by atoms with Crippen molar-refractivity contribution in [1.29, 1.82) is 0 Å². The molecule has 1 saturated heterocycles. The number of aliphatic hydroxyl groups excluding tert-OH is 1. The lowest BCUT2D eigenvalue weighted by molar-refractivity contribution is -0.128. The number of benzene rings is 1. The third-order valence-electron chi connectivity index (χ3n) is 5.79. The van der Waals surface area contributed by atoms with Crippen molar-refractivity contribution < 1.29 is 19.4 Å². The Hall–Kier alpha value is -2.88. The molecule has 0 saturated carbocycles. The first-order valence-electron chi connectivity index (χ1n) is 11.3. The highest BCUT2D eigenvalue weighted by Crippen LogP contribution is 2.23. The number of thiophene rings is 1. The van der Waals surface area contributed by atoms with Crippen molar-refractivity contribution in [2.75, 3.05) is 13.7 Å². The van der Waals surface area contributed by atoms with Gasteiger partial charge in [-0.1, -0.05) is 49.1 Å². The van der Waals surface area contributed by atoms with E-state index < -0.39 is 6.10 Å². The molecule has 0 radical (unpaired) electrons. The summed E-state index contributed by atoms with van der Waals surface area (Å²) >= 11 is 1.44. The number of methoxy groups -OCH3 is 1. The number of rotatable bonds is 9. The van der Waals surface area contributed by atoms with Crippen LogP contribution in [0.25, 0.3) is 0 Å². The Morgan fingerprint density at radius 2 is 2.09 bits per heavy atom. The Morgan fingerprint density at radius 3 is 2.85 bits per heavy atom. The lowest BCUT2D eigenvalue weighted by atomic mass is 9.99. The second-order valence-electron chi connectivity index (χ2n) is 8.28. The molecule has 33 heavy (non-hydrogen) atoms. The number of likely N-dealkylation sites (tertiary alicyclic amines) is 1. The monoisotopic (exact) mass is 465 g/mol. The topological polar surface area (TPSA) is 66.8 Å². The van der Waals surface area contributed by atoms with Crippen molar-refractivity contribution in [3.63, 3.8) is 0 Å². The molecule has 1 aromatic carbocycles. The van der Waals surface area contributed by atoms with Crippen LogP contribution in [0.4, 0.5) is 0 Å². The van der Waals surface area contributed by atoms with Gasteiger partial charge in [0, 0.05) is 29.8 Å². The molecule has 3 atom stereocenters. The summed E-state index contributed by atoms with van der Waals surface area (Å²) in [6.07, 6.45) is 6.72. The van der Waals surface area contributed by atoms with E-state index in [9.17, 15) is 14.7 Å². The molecule has 2 aromatic rings. The highest BCUT2D eigenvalue weighted by Gasteiger charge is 2.28. The fourth-order valence-corrected chi connectivity index (χ4v) is 4.75. The summed E-state index contributed by atoms with van der Waals surface area (Å²) in [5.74, 6) is 6.12. The van der Waals surface area contributed by atoms with Crippen molar-refractivity contribution in [3.8, 4) is 11.8 Å². The second kappa shape index (κ2) is 12.4. The van der Waals surface area contributed by atoms with Crippen LogP contribution >= 0.6 is 11.3 Å². The number of esters is 1. The third-order valence-corrected chi connectivity index (χ3v) is 6.91. The minimum Gasteiger partial charge on any atom is -0.465 e. The number of aryl methyl sites for hydroxylation is 1. The van der Waals surface area contributed by atoms with Crippen LogP contribution in [0.3, 0.4) is 0 Å². The molecule has 6 heteroatoms. The quantitative estimate of drug-likeness (QED) is 0.337. The zero-order valence-corrected chi connectivity index (χ0v) is 20.0. The number of hydrogen-bond donors (Lipinski definition) is 1. The van der Waals surface area contributed by atoms with Gasteiger partial charge in [0.25, 0.3) is 0 Å². The van der Waals surface area contributed by atoms with E-state index in [2.05, 4.69) is 11.8 Å². The molecule has 1 N–H and O–H groups in total. The maximum atomic E-state index is 12.4. The fraction of sp³-hybridized carbons (Fsp3) is 0.407. The molecule has 174 valence electrons. The van der Waals surface area contributed by atoms with E-state index in [1.807, 2.05) is 60.4 Å². The van der Waals surface area contributed by atoms with Crippen molar-refractivity contribution in [2.45, 2.75) is 51.2 Å². The number of hydrogen-bond acceptors (Lipinski definition) is 5. The van der Waals surface area contributed by atoms with Gasteiger partial charge in [0.15, 0.2) is 0 Å². The van der Waals surface area contributed by atoms with Crippen molar-refractivity contribution in [3.05, 3.63) is 69.9 Å². The minimum atomic E-state index is -0.601. The average molecular weight is 466 g/mol. The van der Waals surface area contributed by atoms with Crippen LogP contribution in [-0.2, 0) is 16.0 Å². The van der Waals surface area contributed by atoms with E-state index in [4.69, 9.17) is 4.74 Å². The Kier molecular flexibility index (Phi) is 9.29. The highest BCUT2D eigenvalue weighted by molar-refractivity contribution is 7.13.